The summed E-state index contributed by atoms with van der Waals surface area (Å²) in [5.74, 6) is -0.714. The van der Waals surface area contributed by atoms with Crippen molar-refractivity contribution in [3.05, 3.63) is 47.8 Å². The van der Waals surface area contributed by atoms with Crippen LogP contribution in [0.1, 0.15) is 29.5 Å². The fourth-order valence-electron chi connectivity index (χ4n) is 2.32. The molecule has 0 N–H and O–H groups in total. The molecule has 0 aliphatic rings. The first kappa shape index (κ1) is 16.5. The average Bonchev–Trinajstić information content (AvgIpc) is 2.84. The molecule has 0 radical (unpaired) electrons. The van der Waals surface area contributed by atoms with Gasteiger partial charge in [0.2, 0.25) is 0 Å². The fourth-order valence-corrected chi connectivity index (χ4v) is 2.41. The van der Waals surface area contributed by atoms with Crippen LogP contribution in [0.3, 0.4) is 0 Å². The molecule has 22 heavy (non-hydrogen) atoms. The van der Waals surface area contributed by atoms with Crippen LogP contribution in [0, 0.1) is 6.92 Å². The summed E-state index contributed by atoms with van der Waals surface area (Å²) in [6, 6.07) is 11.3. The van der Waals surface area contributed by atoms with E-state index in [1.54, 1.807) is 4.57 Å². The summed E-state index contributed by atoms with van der Waals surface area (Å²) in [6.45, 7) is 4.68. The summed E-state index contributed by atoms with van der Waals surface area (Å²) in [5.41, 5.74) is 2.68. The minimum atomic E-state index is -0.993. The Kier molecular flexibility index (Phi) is 5.52. The molecule has 0 amide bonds. The third-order valence-corrected chi connectivity index (χ3v) is 3.52. The van der Waals surface area contributed by atoms with Crippen molar-refractivity contribution in [2.45, 2.75) is 27.0 Å². The van der Waals surface area contributed by atoms with Gasteiger partial charge in [0.1, 0.15) is 12.4 Å². The van der Waals surface area contributed by atoms with Crippen molar-refractivity contribution in [3.8, 4) is 11.1 Å². The Hall–Kier alpha value is -1.91. The van der Waals surface area contributed by atoms with Crippen LogP contribution >= 0.6 is 11.6 Å². The lowest BCUT2D eigenvalue weighted by Gasteiger charge is -2.11. The number of aryl methyl sites for hydroxylation is 1. The Bertz CT molecular complexity index is 677. The summed E-state index contributed by atoms with van der Waals surface area (Å²) in [7, 11) is 0. The number of ketones is 1. The minimum absolute atomic E-state index is 0.220. The summed E-state index contributed by atoms with van der Waals surface area (Å²) in [6.07, 6.45) is 0.879. The van der Waals surface area contributed by atoms with Crippen LogP contribution in [0.5, 0.6) is 0 Å². The molecule has 4 nitrogen and oxygen atoms in total. The summed E-state index contributed by atoms with van der Waals surface area (Å²) >= 11 is 5.42. The summed E-state index contributed by atoms with van der Waals surface area (Å²) < 4.78 is 7.22. The highest BCUT2D eigenvalue weighted by molar-refractivity contribution is 6.83. The van der Waals surface area contributed by atoms with Gasteiger partial charge >= 0.3 is 0 Å². The maximum absolute atomic E-state index is 12.2. The van der Waals surface area contributed by atoms with E-state index in [0.29, 0.717) is 12.2 Å². The molecule has 0 saturated heterocycles. The molecule has 1 heterocycles. The van der Waals surface area contributed by atoms with Crippen molar-refractivity contribution in [1.82, 2.24) is 4.57 Å². The molecule has 0 atom stereocenters. The molecule has 116 valence electrons. The van der Waals surface area contributed by atoms with Crippen molar-refractivity contribution >= 4 is 22.6 Å². The van der Waals surface area contributed by atoms with Gasteiger partial charge in [-0.25, -0.2) is 0 Å². The van der Waals surface area contributed by atoms with Crippen LogP contribution in [-0.4, -0.2) is 22.2 Å². The van der Waals surface area contributed by atoms with Gasteiger partial charge in [-0.15, -0.1) is 0 Å². The SMILES string of the molecule is CCCOCn1c(C)cc(-c2ccccc2)c1C(=O)C(=O)Cl. The van der Waals surface area contributed by atoms with Crippen molar-refractivity contribution in [2.24, 2.45) is 0 Å². The third-order valence-electron chi connectivity index (χ3n) is 3.35. The van der Waals surface area contributed by atoms with Gasteiger partial charge in [-0.3, -0.25) is 9.59 Å². The van der Waals surface area contributed by atoms with Crippen LogP contribution in [0.2, 0.25) is 0 Å². The quantitative estimate of drug-likeness (QED) is 0.337. The Morgan fingerprint density at radius 2 is 1.91 bits per heavy atom. The lowest BCUT2D eigenvalue weighted by Crippen LogP contribution is -2.17. The van der Waals surface area contributed by atoms with E-state index in [-0.39, 0.29) is 12.4 Å². The number of ether oxygens (including phenoxy) is 1. The molecule has 0 aliphatic heterocycles. The zero-order chi connectivity index (χ0) is 16.1. The van der Waals surface area contributed by atoms with Crippen molar-refractivity contribution in [3.63, 3.8) is 0 Å². The third kappa shape index (κ3) is 3.46. The molecule has 0 unspecified atom stereocenters. The number of benzene rings is 1. The first-order chi connectivity index (χ1) is 10.6. The lowest BCUT2D eigenvalue weighted by atomic mass is 10.0. The van der Waals surface area contributed by atoms with E-state index >= 15 is 0 Å². The maximum atomic E-state index is 12.2. The first-order valence-electron chi connectivity index (χ1n) is 7.13. The molecular formula is C17H18ClNO3. The normalized spacial score (nSPS) is 10.7. The Labute approximate surface area is 134 Å². The lowest BCUT2D eigenvalue weighted by molar-refractivity contribution is -0.108. The second-order valence-electron chi connectivity index (χ2n) is 4.98. The van der Waals surface area contributed by atoms with Gasteiger partial charge in [-0.2, -0.15) is 0 Å². The monoisotopic (exact) mass is 319 g/mol. The van der Waals surface area contributed by atoms with E-state index in [9.17, 15) is 9.59 Å². The Balaban J connectivity index is 2.52. The zero-order valence-electron chi connectivity index (χ0n) is 12.6. The van der Waals surface area contributed by atoms with E-state index in [1.807, 2.05) is 50.2 Å². The highest BCUT2D eigenvalue weighted by Gasteiger charge is 2.24. The zero-order valence-corrected chi connectivity index (χ0v) is 13.4. The average molecular weight is 320 g/mol. The molecule has 2 aromatic rings. The van der Waals surface area contributed by atoms with Gasteiger partial charge in [0.05, 0.1) is 0 Å². The van der Waals surface area contributed by atoms with E-state index in [4.69, 9.17) is 16.3 Å². The molecule has 0 aliphatic carbocycles. The number of hydrogen-bond acceptors (Lipinski definition) is 3. The number of carbonyl (C=O) groups excluding carboxylic acids is 2. The van der Waals surface area contributed by atoms with Gasteiger partial charge in [0.15, 0.2) is 0 Å². The maximum Gasteiger partial charge on any atom is 0.294 e. The molecule has 2 rings (SSSR count). The fraction of sp³-hybridized carbons (Fsp3) is 0.294. The van der Waals surface area contributed by atoms with Gasteiger partial charge in [0.25, 0.3) is 11.0 Å². The smallest absolute Gasteiger partial charge is 0.294 e. The standard InChI is InChI=1S/C17H18ClNO3/c1-3-9-22-11-19-12(2)10-14(13-7-5-4-6-8-13)15(19)16(20)17(18)21/h4-8,10H,3,9,11H2,1-2H3. The van der Waals surface area contributed by atoms with E-state index < -0.39 is 11.0 Å². The topological polar surface area (TPSA) is 48.3 Å². The van der Waals surface area contributed by atoms with Gasteiger partial charge < -0.3 is 9.30 Å². The number of aromatic nitrogens is 1. The first-order valence-corrected chi connectivity index (χ1v) is 7.51. The van der Waals surface area contributed by atoms with Crippen LogP contribution < -0.4 is 0 Å². The van der Waals surface area contributed by atoms with Crippen LogP contribution in [0.15, 0.2) is 36.4 Å². The highest BCUT2D eigenvalue weighted by atomic mass is 35.5. The second kappa shape index (κ2) is 7.38. The van der Waals surface area contributed by atoms with Crippen LogP contribution in [-0.2, 0) is 16.3 Å². The number of hydrogen-bond donors (Lipinski definition) is 0. The largest absolute Gasteiger partial charge is 0.361 e. The molecular weight excluding hydrogens is 302 g/mol. The molecule has 0 bridgehead atoms. The van der Waals surface area contributed by atoms with Gasteiger partial charge in [-0.05, 0) is 36.6 Å². The number of rotatable bonds is 7. The van der Waals surface area contributed by atoms with Gasteiger partial charge in [0, 0.05) is 17.9 Å². The molecule has 0 spiro atoms. The predicted octanol–water partition coefficient (Wildman–Crippen LogP) is 3.80. The number of halogens is 1. The van der Waals surface area contributed by atoms with Crippen LogP contribution in [0.25, 0.3) is 11.1 Å². The molecule has 5 heteroatoms. The molecule has 1 aromatic carbocycles. The van der Waals surface area contributed by atoms with Crippen molar-refractivity contribution in [1.29, 1.82) is 0 Å². The summed E-state index contributed by atoms with van der Waals surface area (Å²) in [4.78, 5) is 23.6. The number of nitrogens with zero attached hydrogens (tertiary/aromatic N) is 1. The molecule has 0 saturated carbocycles. The highest BCUT2D eigenvalue weighted by Crippen LogP contribution is 2.28. The van der Waals surface area contributed by atoms with Crippen LogP contribution in [0.4, 0.5) is 0 Å². The second-order valence-corrected chi connectivity index (χ2v) is 5.33. The predicted molar refractivity (Wildman–Crippen MR) is 86.0 cm³/mol. The van der Waals surface area contributed by atoms with Crippen molar-refractivity contribution < 1.29 is 14.3 Å². The summed E-state index contributed by atoms with van der Waals surface area (Å²) in [5, 5.41) is -0.993. The minimum Gasteiger partial charge on any atom is -0.361 e. The Morgan fingerprint density at radius 3 is 2.50 bits per heavy atom. The van der Waals surface area contributed by atoms with E-state index in [0.717, 1.165) is 17.7 Å². The van der Waals surface area contributed by atoms with Crippen molar-refractivity contribution in [2.75, 3.05) is 6.61 Å². The van der Waals surface area contributed by atoms with Gasteiger partial charge in [-0.1, -0.05) is 37.3 Å². The molecule has 1 aromatic heterocycles. The van der Waals surface area contributed by atoms with E-state index in [1.165, 1.54) is 0 Å². The van der Waals surface area contributed by atoms with E-state index in [2.05, 4.69) is 0 Å². The number of carbonyl (C=O) groups is 2. The molecule has 0 fully saturated rings. The number of Topliss-reactive ketones (excluding diaryl/α,β-unsaturated/α-hetero) is 1. The Morgan fingerprint density at radius 1 is 1.23 bits per heavy atom.